The Morgan fingerprint density at radius 2 is 1.44 bits per heavy atom. The summed E-state index contributed by atoms with van der Waals surface area (Å²) in [6.45, 7) is 15.1. The van der Waals surface area contributed by atoms with Crippen molar-refractivity contribution in [1.29, 1.82) is 0 Å². The molecular formula is C21H36O4. The van der Waals surface area contributed by atoms with Gasteiger partial charge in [0.15, 0.2) is 0 Å². The highest BCUT2D eigenvalue weighted by Crippen LogP contribution is 2.30. The molecule has 0 bridgehead atoms. The van der Waals surface area contributed by atoms with Gasteiger partial charge < -0.3 is 19.3 Å². The molecule has 0 aliphatic heterocycles. The fourth-order valence-corrected chi connectivity index (χ4v) is 2.50. The number of aliphatic hydroxyl groups excluding tert-OH is 1. The second-order valence-corrected chi connectivity index (χ2v) is 8.03. The smallest absolute Gasteiger partial charge is 0.124 e. The van der Waals surface area contributed by atoms with Crippen LogP contribution in [0.25, 0.3) is 0 Å². The van der Waals surface area contributed by atoms with Crippen LogP contribution in [-0.4, -0.2) is 35.6 Å². The van der Waals surface area contributed by atoms with Gasteiger partial charge >= 0.3 is 0 Å². The first-order valence-electron chi connectivity index (χ1n) is 9.31. The van der Waals surface area contributed by atoms with Crippen molar-refractivity contribution in [3.05, 3.63) is 23.8 Å². The fraction of sp³-hybridized carbons (Fsp3) is 0.714. The molecule has 0 atom stereocenters. The third kappa shape index (κ3) is 8.59. The second-order valence-electron chi connectivity index (χ2n) is 8.03. The lowest BCUT2D eigenvalue weighted by atomic mass is 10.0. The molecule has 0 amide bonds. The maximum atomic E-state index is 9.19. The SMILES string of the molecule is CCc1cc(OC(C)(C)CCO)cc(OC(C)(C)CCOC(C)C)c1. The molecule has 0 aliphatic carbocycles. The lowest BCUT2D eigenvalue weighted by molar-refractivity contribution is 0.0227. The highest BCUT2D eigenvalue weighted by atomic mass is 16.5. The summed E-state index contributed by atoms with van der Waals surface area (Å²) in [6, 6.07) is 6.04. The third-order valence-corrected chi connectivity index (χ3v) is 4.01. The minimum Gasteiger partial charge on any atom is -0.488 e. The van der Waals surface area contributed by atoms with Gasteiger partial charge in [-0.2, -0.15) is 0 Å². The zero-order valence-electron chi connectivity index (χ0n) is 17.0. The number of hydrogen-bond acceptors (Lipinski definition) is 4. The Bertz CT molecular complexity index is 521. The van der Waals surface area contributed by atoms with Gasteiger partial charge in [-0.3, -0.25) is 0 Å². The Morgan fingerprint density at radius 3 is 1.88 bits per heavy atom. The summed E-state index contributed by atoms with van der Waals surface area (Å²) in [4.78, 5) is 0. The largest absolute Gasteiger partial charge is 0.488 e. The Labute approximate surface area is 153 Å². The van der Waals surface area contributed by atoms with E-state index < -0.39 is 5.60 Å². The van der Waals surface area contributed by atoms with Crippen molar-refractivity contribution in [2.24, 2.45) is 0 Å². The fourth-order valence-electron chi connectivity index (χ4n) is 2.50. The highest BCUT2D eigenvalue weighted by molar-refractivity contribution is 5.39. The highest BCUT2D eigenvalue weighted by Gasteiger charge is 2.22. The number of ether oxygens (including phenoxy) is 3. The molecule has 144 valence electrons. The van der Waals surface area contributed by atoms with E-state index in [0.29, 0.717) is 13.0 Å². The molecule has 0 radical (unpaired) electrons. The van der Waals surface area contributed by atoms with Gasteiger partial charge in [0.1, 0.15) is 22.7 Å². The summed E-state index contributed by atoms with van der Waals surface area (Å²) in [7, 11) is 0. The molecule has 1 aromatic carbocycles. The number of rotatable bonds is 11. The Morgan fingerprint density at radius 1 is 0.920 bits per heavy atom. The van der Waals surface area contributed by atoms with E-state index in [1.54, 1.807) is 0 Å². The van der Waals surface area contributed by atoms with E-state index in [2.05, 4.69) is 26.8 Å². The first kappa shape index (κ1) is 21.8. The minimum absolute atomic E-state index is 0.104. The maximum Gasteiger partial charge on any atom is 0.124 e. The van der Waals surface area contributed by atoms with Crippen LogP contribution in [0.4, 0.5) is 0 Å². The van der Waals surface area contributed by atoms with E-state index in [4.69, 9.17) is 14.2 Å². The zero-order valence-corrected chi connectivity index (χ0v) is 17.0. The van der Waals surface area contributed by atoms with E-state index in [-0.39, 0.29) is 18.3 Å². The van der Waals surface area contributed by atoms with Crippen LogP contribution in [-0.2, 0) is 11.2 Å². The summed E-state index contributed by atoms with van der Waals surface area (Å²) >= 11 is 0. The number of aryl methyl sites for hydroxylation is 1. The van der Waals surface area contributed by atoms with Crippen molar-refractivity contribution in [3.8, 4) is 11.5 Å². The van der Waals surface area contributed by atoms with Crippen LogP contribution < -0.4 is 9.47 Å². The van der Waals surface area contributed by atoms with Crippen LogP contribution in [0.5, 0.6) is 11.5 Å². The molecule has 0 saturated heterocycles. The molecule has 25 heavy (non-hydrogen) atoms. The molecule has 0 saturated carbocycles. The van der Waals surface area contributed by atoms with Crippen LogP contribution >= 0.6 is 0 Å². The van der Waals surface area contributed by atoms with Gasteiger partial charge in [-0.15, -0.1) is 0 Å². The quantitative estimate of drug-likeness (QED) is 0.624. The maximum absolute atomic E-state index is 9.19. The normalized spacial score (nSPS) is 12.5. The number of aliphatic hydroxyl groups is 1. The predicted molar refractivity (Wildman–Crippen MR) is 103 cm³/mol. The number of benzene rings is 1. The molecular weight excluding hydrogens is 316 g/mol. The molecule has 0 unspecified atom stereocenters. The monoisotopic (exact) mass is 352 g/mol. The van der Waals surface area contributed by atoms with Gasteiger partial charge in [-0.05, 0) is 65.7 Å². The summed E-state index contributed by atoms with van der Waals surface area (Å²) in [5, 5.41) is 9.19. The van der Waals surface area contributed by atoms with Gasteiger partial charge in [0.25, 0.3) is 0 Å². The minimum atomic E-state index is -0.418. The molecule has 0 heterocycles. The molecule has 1 aromatic rings. The molecule has 4 heteroatoms. The summed E-state index contributed by atoms with van der Waals surface area (Å²) in [6.07, 6.45) is 2.53. The van der Waals surface area contributed by atoms with E-state index in [9.17, 15) is 5.11 Å². The molecule has 0 spiro atoms. The first-order chi connectivity index (χ1) is 11.6. The first-order valence-corrected chi connectivity index (χ1v) is 9.31. The van der Waals surface area contributed by atoms with Crippen LogP contribution in [0, 0.1) is 0 Å². The van der Waals surface area contributed by atoms with Crippen molar-refractivity contribution in [2.45, 2.75) is 85.0 Å². The number of hydrogen-bond donors (Lipinski definition) is 1. The molecule has 0 aromatic heterocycles. The average molecular weight is 353 g/mol. The van der Waals surface area contributed by atoms with Gasteiger partial charge in [-0.1, -0.05) is 6.92 Å². The summed E-state index contributed by atoms with van der Waals surface area (Å²) in [5.74, 6) is 1.59. The standard InChI is InChI=1S/C21H36O4/c1-8-17-13-18(24-20(4,5)9-11-22)15-19(14-17)25-21(6,7)10-12-23-16(2)3/h13-16,22H,8-12H2,1-7H3. The molecule has 4 nitrogen and oxygen atoms in total. The van der Waals surface area contributed by atoms with Crippen molar-refractivity contribution in [1.82, 2.24) is 0 Å². The van der Waals surface area contributed by atoms with E-state index in [0.717, 1.165) is 24.3 Å². The van der Waals surface area contributed by atoms with E-state index in [1.165, 1.54) is 5.56 Å². The zero-order chi connectivity index (χ0) is 19.1. The summed E-state index contributed by atoms with van der Waals surface area (Å²) < 4.78 is 18.0. The van der Waals surface area contributed by atoms with Gasteiger partial charge in [0.05, 0.1) is 12.7 Å². The third-order valence-electron chi connectivity index (χ3n) is 4.01. The van der Waals surface area contributed by atoms with Crippen LogP contribution in [0.2, 0.25) is 0 Å². The topological polar surface area (TPSA) is 47.9 Å². The molecule has 1 rings (SSSR count). The van der Waals surface area contributed by atoms with E-state index in [1.807, 2.05) is 39.8 Å². The van der Waals surface area contributed by atoms with Gasteiger partial charge in [-0.25, -0.2) is 0 Å². The molecule has 1 N–H and O–H groups in total. The average Bonchev–Trinajstić information content (AvgIpc) is 2.44. The lowest BCUT2D eigenvalue weighted by Gasteiger charge is -2.29. The van der Waals surface area contributed by atoms with Crippen LogP contribution in [0.3, 0.4) is 0 Å². The lowest BCUT2D eigenvalue weighted by Crippen LogP contribution is -2.31. The van der Waals surface area contributed by atoms with Crippen LogP contribution in [0.1, 0.15) is 66.9 Å². The summed E-state index contributed by atoms with van der Waals surface area (Å²) in [5.41, 5.74) is 0.430. The second kappa shape index (κ2) is 9.44. The van der Waals surface area contributed by atoms with Crippen molar-refractivity contribution < 1.29 is 19.3 Å². The Balaban J connectivity index is 2.86. The molecule has 0 fully saturated rings. The van der Waals surface area contributed by atoms with Crippen LogP contribution in [0.15, 0.2) is 18.2 Å². The van der Waals surface area contributed by atoms with Crippen molar-refractivity contribution in [3.63, 3.8) is 0 Å². The van der Waals surface area contributed by atoms with Gasteiger partial charge in [0.2, 0.25) is 0 Å². The van der Waals surface area contributed by atoms with E-state index >= 15 is 0 Å². The van der Waals surface area contributed by atoms with Gasteiger partial charge in [0, 0.05) is 25.5 Å². The predicted octanol–water partition coefficient (Wildman–Crippen LogP) is 4.76. The van der Waals surface area contributed by atoms with Crippen molar-refractivity contribution in [2.75, 3.05) is 13.2 Å². The van der Waals surface area contributed by atoms with Crippen molar-refractivity contribution >= 4 is 0 Å². The Kier molecular flexibility index (Phi) is 8.23. The Hall–Kier alpha value is -1.26. The molecule has 0 aliphatic rings.